The van der Waals surface area contributed by atoms with Crippen LogP contribution in [0.25, 0.3) is 33.4 Å². The van der Waals surface area contributed by atoms with E-state index in [2.05, 4.69) is 146 Å². The maximum absolute atomic E-state index is 2.76. The molecule has 0 radical (unpaired) electrons. The van der Waals surface area contributed by atoms with Gasteiger partial charge in [-0.3, -0.25) is 0 Å². The second kappa shape index (κ2) is 11.8. The molecule has 0 N–H and O–H groups in total. The quantitative estimate of drug-likeness (QED) is 0.173. The zero-order chi connectivity index (χ0) is 40.0. The Morgan fingerprint density at radius 3 is 1.41 bits per heavy atom. The highest BCUT2D eigenvalue weighted by molar-refractivity contribution is 5.93. The summed E-state index contributed by atoms with van der Waals surface area (Å²) >= 11 is 0. The highest BCUT2D eigenvalue weighted by atomic mass is 15.1. The van der Waals surface area contributed by atoms with Gasteiger partial charge in [0.25, 0.3) is 0 Å². The molecule has 0 saturated heterocycles. The van der Waals surface area contributed by atoms with Crippen LogP contribution in [0.4, 0.5) is 17.1 Å². The van der Waals surface area contributed by atoms with Gasteiger partial charge >= 0.3 is 0 Å². The van der Waals surface area contributed by atoms with E-state index in [1.54, 1.807) is 22.3 Å². The number of rotatable bonds is 3. The Hall–Kier alpha value is -4.88. The molecule has 17 rings (SSSR count). The van der Waals surface area contributed by atoms with E-state index in [9.17, 15) is 0 Å². The Morgan fingerprint density at radius 1 is 0.377 bits per heavy atom. The van der Waals surface area contributed by atoms with Crippen molar-refractivity contribution >= 4 is 17.1 Å². The fourth-order valence-electron chi connectivity index (χ4n) is 18.1. The largest absolute Gasteiger partial charge is 0.310 e. The minimum absolute atomic E-state index is 0.109. The summed E-state index contributed by atoms with van der Waals surface area (Å²) in [5.41, 5.74) is 22.5. The molecule has 61 heavy (non-hydrogen) atoms. The molecule has 1 nitrogen and oxygen atoms in total. The summed E-state index contributed by atoms with van der Waals surface area (Å²) in [4.78, 5) is 2.76. The number of nitrogens with zero attached hydrogens (tertiary/aromatic N) is 1. The molecule has 5 atom stereocenters. The average molecular weight is 792 g/mol. The van der Waals surface area contributed by atoms with Crippen LogP contribution in [-0.2, 0) is 16.2 Å². The van der Waals surface area contributed by atoms with Gasteiger partial charge in [0.15, 0.2) is 0 Å². The molecule has 11 aliphatic rings. The number of fused-ring (bicyclic) bond motifs is 10. The van der Waals surface area contributed by atoms with Crippen molar-refractivity contribution in [1.29, 1.82) is 0 Å². The fraction of sp³-hybridized carbons (Fsp3) is 0.400. The molecule has 6 aromatic rings. The van der Waals surface area contributed by atoms with Crippen LogP contribution in [0.1, 0.15) is 118 Å². The average Bonchev–Trinajstić information content (AvgIpc) is 3.75. The maximum Gasteiger partial charge on any atom is 0.0508 e. The molecule has 0 aromatic heterocycles. The number of anilines is 3. The first-order valence-corrected chi connectivity index (χ1v) is 24.4. The van der Waals surface area contributed by atoms with Gasteiger partial charge in [-0.15, -0.1) is 0 Å². The summed E-state index contributed by atoms with van der Waals surface area (Å²) in [5, 5.41) is 0. The van der Waals surface area contributed by atoms with Crippen LogP contribution in [-0.4, -0.2) is 0 Å². The van der Waals surface area contributed by atoms with Crippen LogP contribution in [0, 0.1) is 47.3 Å². The zero-order valence-electron chi connectivity index (χ0n) is 36.0. The molecule has 8 saturated carbocycles. The van der Waals surface area contributed by atoms with Gasteiger partial charge in [0.05, 0.1) is 5.69 Å². The highest BCUT2D eigenvalue weighted by Crippen LogP contribution is 2.71. The minimum Gasteiger partial charge on any atom is -0.310 e. The Morgan fingerprint density at radius 2 is 0.820 bits per heavy atom. The van der Waals surface area contributed by atoms with Crippen LogP contribution in [0.2, 0.25) is 0 Å². The summed E-state index contributed by atoms with van der Waals surface area (Å²) in [6.07, 6.45) is 15.6. The Bertz CT molecular complexity index is 2840. The second-order valence-electron chi connectivity index (χ2n) is 22.4. The molecule has 6 aromatic carbocycles. The molecule has 8 fully saturated rings. The van der Waals surface area contributed by atoms with Crippen LogP contribution in [0.15, 0.2) is 127 Å². The topological polar surface area (TPSA) is 3.24 Å². The molecule has 0 amide bonds. The van der Waals surface area contributed by atoms with E-state index in [0.29, 0.717) is 0 Å². The molecule has 8 bridgehead atoms. The van der Waals surface area contributed by atoms with Crippen molar-refractivity contribution in [2.75, 3.05) is 4.90 Å². The predicted octanol–water partition coefficient (Wildman–Crippen LogP) is 15.3. The third-order valence-electron chi connectivity index (χ3n) is 19.7. The standard InChI is InChI=1S/C60H57N/c1-58(2)51-14-6-3-12-47(51)50-13-9-17-56(57(50)58)61(44-21-23-49-46-11-5-8-16-53(46)60(55(49)34-44)41-29-37-25-38(31-41)32-42(60)30-37)43-20-22-48-45-10-4-7-15-52(45)59(54(48)33-43)39-19-18-35-24-36(27-39)28-40(59)26-35/h3-17,20-23,33-42H,18-19,24-32H2,1-2H3. The summed E-state index contributed by atoms with van der Waals surface area (Å²) in [7, 11) is 0. The lowest BCUT2D eigenvalue weighted by Crippen LogP contribution is -2.55. The number of hydrogen-bond acceptors (Lipinski definition) is 1. The first kappa shape index (κ1) is 34.7. The highest BCUT2D eigenvalue weighted by Gasteiger charge is 2.62. The molecule has 2 spiro atoms. The number of benzene rings is 6. The van der Waals surface area contributed by atoms with Crippen LogP contribution >= 0.6 is 0 Å². The van der Waals surface area contributed by atoms with Gasteiger partial charge in [0.2, 0.25) is 0 Å². The lowest BCUT2D eigenvalue weighted by atomic mass is 9.43. The SMILES string of the molecule is CC1(C)c2ccccc2-c2cccc(N(c3ccc4c(c3)C3(c5ccccc5-4)C4CCC5CC(C4)CC3C5)c3ccc4c(c3)C3(c5ccccc5-4)C4CC5CC(C4)CC3C5)c21. The van der Waals surface area contributed by atoms with Crippen molar-refractivity contribution in [3.05, 3.63) is 161 Å². The van der Waals surface area contributed by atoms with Gasteiger partial charge in [0, 0.05) is 27.6 Å². The molecular formula is C60H57N. The van der Waals surface area contributed by atoms with E-state index in [0.717, 1.165) is 47.3 Å². The Kier molecular flexibility index (Phi) is 6.69. The molecule has 1 heteroatoms. The summed E-state index contributed by atoms with van der Waals surface area (Å²) < 4.78 is 0. The number of hydrogen-bond donors (Lipinski definition) is 0. The van der Waals surface area contributed by atoms with E-state index >= 15 is 0 Å². The van der Waals surface area contributed by atoms with Crippen molar-refractivity contribution in [3.63, 3.8) is 0 Å². The van der Waals surface area contributed by atoms with Crippen molar-refractivity contribution < 1.29 is 0 Å². The van der Waals surface area contributed by atoms with E-state index in [1.807, 2.05) is 0 Å². The molecule has 0 heterocycles. The lowest BCUT2D eigenvalue weighted by molar-refractivity contribution is -0.0399. The van der Waals surface area contributed by atoms with Crippen molar-refractivity contribution in [2.45, 2.75) is 101 Å². The van der Waals surface area contributed by atoms with E-state index in [4.69, 9.17) is 0 Å². The van der Waals surface area contributed by atoms with Crippen molar-refractivity contribution in [3.8, 4) is 33.4 Å². The van der Waals surface area contributed by atoms with E-state index in [-0.39, 0.29) is 16.2 Å². The van der Waals surface area contributed by atoms with Crippen molar-refractivity contribution in [1.82, 2.24) is 0 Å². The fourth-order valence-corrected chi connectivity index (χ4v) is 18.1. The third kappa shape index (κ3) is 4.17. The normalized spacial score (nSPS) is 33.9. The van der Waals surface area contributed by atoms with E-state index < -0.39 is 0 Å². The molecule has 302 valence electrons. The van der Waals surface area contributed by atoms with E-state index in [1.165, 1.54) is 132 Å². The van der Waals surface area contributed by atoms with Crippen molar-refractivity contribution in [2.24, 2.45) is 47.3 Å². The lowest BCUT2D eigenvalue weighted by Gasteiger charge is -2.61. The predicted molar refractivity (Wildman–Crippen MR) is 250 cm³/mol. The van der Waals surface area contributed by atoms with Gasteiger partial charge in [-0.05, 0) is 209 Å². The summed E-state index contributed by atoms with van der Waals surface area (Å²) in [6, 6.07) is 51.5. The van der Waals surface area contributed by atoms with Gasteiger partial charge in [0.1, 0.15) is 0 Å². The molecule has 0 aliphatic heterocycles. The van der Waals surface area contributed by atoms with Gasteiger partial charge in [-0.2, -0.15) is 0 Å². The van der Waals surface area contributed by atoms with Gasteiger partial charge < -0.3 is 4.90 Å². The van der Waals surface area contributed by atoms with Crippen LogP contribution in [0.5, 0.6) is 0 Å². The summed E-state index contributed by atoms with van der Waals surface area (Å²) in [5.74, 6) is 6.61. The summed E-state index contributed by atoms with van der Waals surface area (Å²) in [6.45, 7) is 4.96. The Labute approximate surface area is 362 Å². The second-order valence-corrected chi connectivity index (χ2v) is 22.4. The first-order valence-electron chi connectivity index (χ1n) is 24.4. The van der Waals surface area contributed by atoms with Gasteiger partial charge in [-0.1, -0.05) is 117 Å². The molecule has 5 unspecified atom stereocenters. The smallest absolute Gasteiger partial charge is 0.0508 e. The third-order valence-corrected chi connectivity index (χ3v) is 19.7. The Balaban J connectivity index is 0.987. The minimum atomic E-state index is -0.135. The monoisotopic (exact) mass is 791 g/mol. The molecule has 11 aliphatic carbocycles. The van der Waals surface area contributed by atoms with Crippen LogP contribution < -0.4 is 4.90 Å². The van der Waals surface area contributed by atoms with Crippen LogP contribution in [0.3, 0.4) is 0 Å². The van der Waals surface area contributed by atoms with Gasteiger partial charge in [-0.25, -0.2) is 0 Å². The zero-order valence-corrected chi connectivity index (χ0v) is 36.0. The maximum atomic E-state index is 2.76. The first-order chi connectivity index (χ1) is 29.9. The molecular weight excluding hydrogens is 735 g/mol.